The van der Waals surface area contributed by atoms with Crippen LogP contribution >= 0.6 is 0 Å². The molecule has 0 aliphatic carbocycles. The van der Waals surface area contributed by atoms with Crippen molar-refractivity contribution in [2.24, 2.45) is 0 Å². The van der Waals surface area contributed by atoms with E-state index in [4.69, 9.17) is 4.74 Å². The topological polar surface area (TPSA) is 84.5 Å². The number of anilines is 1. The van der Waals surface area contributed by atoms with Crippen LogP contribution in [0.4, 0.5) is 5.69 Å². The smallest absolute Gasteiger partial charge is 0.329 e. The van der Waals surface area contributed by atoms with Gasteiger partial charge in [-0.25, -0.2) is 4.79 Å². The molecule has 2 atom stereocenters. The average Bonchev–Trinajstić information content (AvgIpc) is 2.80. The minimum Gasteiger partial charge on any atom is -0.451 e. The van der Waals surface area contributed by atoms with Gasteiger partial charge in [0.1, 0.15) is 6.04 Å². The van der Waals surface area contributed by atoms with E-state index in [1.807, 2.05) is 48.5 Å². The summed E-state index contributed by atoms with van der Waals surface area (Å²) in [6, 6.07) is 24.7. The summed E-state index contributed by atoms with van der Waals surface area (Å²) in [5.41, 5.74) is 2.87. The van der Waals surface area contributed by atoms with Gasteiger partial charge >= 0.3 is 5.97 Å². The maximum absolute atomic E-state index is 12.6. The maximum atomic E-state index is 12.6. The molecule has 0 saturated heterocycles. The fourth-order valence-corrected chi connectivity index (χ4v) is 2.95. The van der Waals surface area contributed by atoms with E-state index in [1.54, 1.807) is 36.4 Å². The molecule has 6 heteroatoms. The van der Waals surface area contributed by atoms with Gasteiger partial charge in [-0.05, 0) is 37.6 Å². The lowest BCUT2D eigenvalue weighted by atomic mass is 10.0. The summed E-state index contributed by atoms with van der Waals surface area (Å²) in [7, 11) is 0. The average molecular weight is 416 g/mol. The van der Waals surface area contributed by atoms with Crippen molar-refractivity contribution in [3.63, 3.8) is 0 Å². The van der Waals surface area contributed by atoms with E-state index in [0.29, 0.717) is 11.3 Å². The third kappa shape index (κ3) is 5.79. The van der Waals surface area contributed by atoms with E-state index in [0.717, 1.165) is 11.1 Å². The second-order valence-electron chi connectivity index (χ2n) is 7.04. The Bertz CT molecular complexity index is 1050. The van der Waals surface area contributed by atoms with E-state index in [-0.39, 0.29) is 5.91 Å². The molecule has 0 fully saturated rings. The number of rotatable bonds is 7. The van der Waals surface area contributed by atoms with Gasteiger partial charge in [-0.3, -0.25) is 9.59 Å². The SMILES string of the molecule is C[C@H](NC(=O)c1ccccc1)C(=O)O[C@H](C)C(=O)Nc1ccccc1-c1ccccc1. The van der Waals surface area contributed by atoms with E-state index in [9.17, 15) is 14.4 Å². The quantitative estimate of drug-likeness (QED) is 0.569. The van der Waals surface area contributed by atoms with Gasteiger partial charge in [-0.1, -0.05) is 66.7 Å². The highest BCUT2D eigenvalue weighted by Crippen LogP contribution is 2.27. The van der Waals surface area contributed by atoms with Crippen molar-refractivity contribution in [1.29, 1.82) is 0 Å². The van der Waals surface area contributed by atoms with Gasteiger partial charge in [0.25, 0.3) is 11.8 Å². The van der Waals surface area contributed by atoms with Crippen LogP contribution in [0.2, 0.25) is 0 Å². The van der Waals surface area contributed by atoms with Crippen molar-refractivity contribution < 1.29 is 19.1 Å². The van der Waals surface area contributed by atoms with Gasteiger partial charge in [0.15, 0.2) is 6.10 Å². The molecule has 0 unspecified atom stereocenters. The molecule has 3 aromatic rings. The first-order valence-electron chi connectivity index (χ1n) is 9.97. The van der Waals surface area contributed by atoms with Crippen molar-refractivity contribution in [2.75, 3.05) is 5.32 Å². The number of nitrogens with one attached hydrogen (secondary N) is 2. The number of ether oxygens (including phenoxy) is 1. The molecular weight excluding hydrogens is 392 g/mol. The van der Waals surface area contributed by atoms with Crippen LogP contribution in [-0.4, -0.2) is 29.9 Å². The lowest BCUT2D eigenvalue weighted by Gasteiger charge is -2.18. The Balaban J connectivity index is 1.60. The van der Waals surface area contributed by atoms with Crippen LogP contribution in [0.15, 0.2) is 84.9 Å². The third-order valence-electron chi connectivity index (χ3n) is 4.67. The second-order valence-corrected chi connectivity index (χ2v) is 7.04. The Morgan fingerprint density at radius 2 is 1.35 bits per heavy atom. The van der Waals surface area contributed by atoms with Gasteiger partial charge in [0, 0.05) is 16.8 Å². The van der Waals surface area contributed by atoms with Gasteiger partial charge in [-0.15, -0.1) is 0 Å². The van der Waals surface area contributed by atoms with Gasteiger partial charge in [0.2, 0.25) is 0 Å². The minimum atomic E-state index is -1.03. The van der Waals surface area contributed by atoms with Crippen LogP contribution in [0.25, 0.3) is 11.1 Å². The number of hydrogen-bond acceptors (Lipinski definition) is 4. The lowest BCUT2D eigenvalue weighted by molar-refractivity contribution is -0.154. The molecule has 0 bridgehead atoms. The monoisotopic (exact) mass is 416 g/mol. The lowest BCUT2D eigenvalue weighted by Crippen LogP contribution is -2.42. The molecule has 0 heterocycles. The van der Waals surface area contributed by atoms with Crippen molar-refractivity contribution in [3.05, 3.63) is 90.5 Å². The Kier molecular flexibility index (Phi) is 7.17. The van der Waals surface area contributed by atoms with Crippen LogP contribution in [0, 0.1) is 0 Å². The van der Waals surface area contributed by atoms with E-state index in [2.05, 4.69) is 10.6 Å². The number of para-hydroxylation sites is 1. The number of carbonyl (C=O) groups is 3. The highest BCUT2D eigenvalue weighted by molar-refractivity contribution is 5.99. The van der Waals surface area contributed by atoms with Crippen molar-refractivity contribution >= 4 is 23.5 Å². The highest BCUT2D eigenvalue weighted by Gasteiger charge is 2.24. The Hall–Kier alpha value is -3.93. The molecule has 0 aliphatic heterocycles. The molecule has 2 amide bonds. The summed E-state index contributed by atoms with van der Waals surface area (Å²) < 4.78 is 5.26. The van der Waals surface area contributed by atoms with Gasteiger partial charge in [-0.2, -0.15) is 0 Å². The molecule has 6 nitrogen and oxygen atoms in total. The molecule has 158 valence electrons. The maximum Gasteiger partial charge on any atom is 0.329 e. The largest absolute Gasteiger partial charge is 0.451 e. The van der Waals surface area contributed by atoms with Crippen LogP contribution < -0.4 is 10.6 Å². The molecule has 0 spiro atoms. The van der Waals surface area contributed by atoms with Gasteiger partial charge in [0.05, 0.1) is 0 Å². The second kappa shape index (κ2) is 10.2. The molecule has 0 saturated carbocycles. The van der Waals surface area contributed by atoms with Crippen LogP contribution in [0.1, 0.15) is 24.2 Å². The fourth-order valence-electron chi connectivity index (χ4n) is 2.95. The molecular formula is C25H24N2O4. The van der Waals surface area contributed by atoms with Crippen LogP contribution in [-0.2, 0) is 14.3 Å². The van der Waals surface area contributed by atoms with Crippen molar-refractivity contribution in [3.8, 4) is 11.1 Å². The predicted octanol–water partition coefficient (Wildman–Crippen LogP) is 4.04. The highest BCUT2D eigenvalue weighted by atomic mass is 16.5. The predicted molar refractivity (Wildman–Crippen MR) is 119 cm³/mol. The summed E-state index contributed by atoms with van der Waals surface area (Å²) in [6.07, 6.45) is -1.03. The first-order chi connectivity index (χ1) is 15.0. The number of benzene rings is 3. The normalized spacial score (nSPS) is 12.3. The third-order valence-corrected chi connectivity index (χ3v) is 4.67. The number of hydrogen-bond donors (Lipinski definition) is 2. The molecule has 0 aliphatic rings. The van der Waals surface area contributed by atoms with Crippen LogP contribution in [0.5, 0.6) is 0 Å². The zero-order valence-electron chi connectivity index (χ0n) is 17.4. The minimum absolute atomic E-state index is 0.390. The summed E-state index contributed by atoms with van der Waals surface area (Å²) >= 11 is 0. The van der Waals surface area contributed by atoms with E-state index >= 15 is 0 Å². The van der Waals surface area contributed by atoms with E-state index in [1.165, 1.54) is 13.8 Å². The Morgan fingerprint density at radius 1 is 0.774 bits per heavy atom. The number of carbonyl (C=O) groups excluding carboxylic acids is 3. The standard InChI is InChI=1S/C25H24N2O4/c1-17(26-24(29)20-13-7-4-8-14-20)25(30)31-18(2)23(28)27-22-16-10-9-15-21(22)19-11-5-3-6-12-19/h3-18H,1-2H3,(H,26,29)(H,27,28)/t17-,18+/m0/s1. The Morgan fingerprint density at radius 3 is 2.03 bits per heavy atom. The first kappa shape index (κ1) is 21.8. The summed E-state index contributed by atoms with van der Waals surface area (Å²) in [5, 5.41) is 5.39. The molecule has 31 heavy (non-hydrogen) atoms. The first-order valence-corrected chi connectivity index (χ1v) is 9.97. The van der Waals surface area contributed by atoms with Crippen molar-refractivity contribution in [1.82, 2.24) is 5.32 Å². The molecule has 2 N–H and O–H groups in total. The Labute approximate surface area is 181 Å². The zero-order chi connectivity index (χ0) is 22.2. The number of amides is 2. The number of esters is 1. The summed E-state index contributed by atoms with van der Waals surface area (Å²) in [4.78, 5) is 37.2. The van der Waals surface area contributed by atoms with Crippen molar-refractivity contribution in [2.45, 2.75) is 26.0 Å². The van der Waals surface area contributed by atoms with Crippen LogP contribution in [0.3, 0.4) is 0 Å². The zero-order valence-corrected chi connectivity index (χ0v) is 17.4. The summed E-state index contributed by atoms with van der Waals surface area (Å²) in [6.45, 7) is 3.00. The molecule has 3 aromatic carbocycles. The van der Waals surface area contributed by atoms with E-state index < -0.39 is 24.0 Å². The molecule has 3 rings (SSSR count). The fraction of sp³-hybridized carbons (Fsp3) is 0.160. The van der Waals surface area contributed by atoms with Gasteiger partial charge < -0.3 is 15.4 Å². The molecule has 0 radical (unpaired) electrons. The summed E-state index contributed by atoms with van der Waals surface area (Å²) in [5.74, 6) is -1.54. The molecule has 0 aromatic heterocycles.